The zero-order chi connectivity index (χ0) is 12.5. The van der Waals surface area contributed by atoms with Crippen LogP contribution in [0.5, 0.6) is 5.75 Å². The molecule has 0 aliphatic heterocycles. The minimum Gasteiger partial charge on any atom is -0.493 e. The molecule has 96 valence electrons. The van der Waals surface area contributed by atoms with E-state index >= 15 is 0 Å². The fourth-order valence-electron chi connectivity index (χ4n) is 1.71. The molecule has 0 unspecified atom stereocenters. The molecule has 1 rings (SSSR count). The monoisotopic (exact) mass is 235 g/mol. The van der Waals surface area contributed by atoms with Gasteiger partial charge in [0.05, 0.1) is 6.61 Å². The molecule has 0 radical (unpaired) electrons. The highest BCUT2D eigenvalue weighted by atomic mass is 16.5. The highest BCUT2D eigenvalue weighted by Gasteiger charge is 2.04. The van der Waals surface area contributed by atoms with Crippen molar-refractivity contribution in [2.45, 2.75) is 40.2 Å². The molecule has 0 aliphatic carbocycles. The second-order valence-electron chi connectivity index (χ2n) is 4.42. The summed E-state index contributed by atoms with van der Waals surface area (Å²) >= 11 is 0. The van der Waals surface area contributed by atoms with E-state index in [4.69, 9.17) is 4.74 Å². The molecule has 2 heteroatoms. The molecule has 17 heavy (non-hydrogen) atoms. The van der Waals surface area contributed by atoms with Gasteiger partial charge in [-0.15, -0.1) is 0 Å². The third-order valence-corrected chi connectivity index (χ3v) is 3.14. The number of hydrogen-bond donors (Lipinski definition) is 1. The lowest BCUT2D eigenvalue weighted by atomic mass is 10.1. The van der Waals surface area contributed by atoms with Crippen molar-refractivity contribution >= 4 is 0 Å². The summed E-state index contributed by atoms with van der Waals surface area (Å²) in [6.45, 7) is 9.33. The molecule has 0 spiro atoms. The van der Waals surface area contributed by atoms with Crippen LogP contribution in [0.2, 0.25) is 0 Å². The maximum Gasteiger partial charge on any atom is 0.119 e. The Labute approximate surface area is 105 Å². The molecule has 1 N–H and O–H groups in total. The molecular weight excluding hydrogens is 210 g/mol. The van der Waals surface area contributed by atoms with Crippen LogP contribution >= 0.6 is 0 Å². The number of ether oxygens (including phenoxy) is 1. The van der Waals surface area contributed by atoms with Gasteiger partial charge in [-0.3, -0.25) is 0 Å². The van der Waals surface area contributed by atoms with E-state index in [1.54, 1.807) is 0 Å². The molecule has 0 heterocycles. The molecule has 0 aliphatic rings. The van der Waals surface area contributed by atoms with Crippen LogP contribution in [0.15, 0.2) is 24.3 Å². The van der Waals surface area contributed by atoms with E-state index in [1.807, 2.05) is 0 Å². The average molecular weight is 235 g/mol. The van der Waals surface area contributed by atoms with Crippen molar-refractivity contribution in [3.63, 3.8) is 0 Å². The first kappa shape index (κ1) is 14.0. The van der Waals surface area contributed by atoms with Crippen LogP contribution in [0.25, 0.3) is 0 Å². The molecule has 1 aromatic rings. The van der Waals surface area contributed by atoms with Crippen molar-refractivity contribution in [3.05, 3.63) is 29.8 Å². The second kappa shape index (κ2) is 8.13. The van der Waals surface area contributed by atoms with Gasteiger partial charge in [-0.2, -0.15) is 0 Å². The Balaban J connectivity index is 2.39. The van der Waals surface area contributed by atoms with Crippen molar-refractivity contribution in [1.82, 2.24) is 5.32 Å². The number of benzene rings is 1. The lowest BCUT2D eigenvalue weighted by molar-refractivity contribution is 0.240. The smallest absolute Gasteiger partial charge is 0.119 e. The van der Waals surface area contributed by atoms with E-state index in [0.717, 1.165) is 25.4 Å². The minimum atomic E-state index is 0.677. The molecule has 1 aromatic carbocycles. The summed E-state index contributed by atoms with van der Waals surface area (Å²) in [6, 6.07) is 8.39. The summed E-state index contributed by atoms with van der Waals surface area (Å²) in [5, 5.41) is 3.31. The molecular formula is C15H25NO. The van der Waals surface area contributed by atoms with E-state index in [9.17, 15) is 0 Å². The topological polar surface area (TPSA) is 21.3 Å². The van der Waals surface area contributed by atoms with Gasteiger partial charge in [-0.05, 0) is 30.2 Å². The lowest BCUT2D eigenvalue weighted by Gasteiger charge is -2.14. The molecule has 0 saturated heterocycles. The predicted octanol–water partition coefficient (Wildman–Crippen LogP) is 3.61. The van der Waals surface area contributed by atoms with Gasteiger partial charge < -0.3 is 10.1 Å². The van der Waals surface area contributed by atoms with E-state index in [0.29, 0.717) is 5.92 Å². The van der Waals surface area contributed by atoms with Crippen LogP contribution in [0.4, 0.5) is 0 Å². The SMILES string of the molecule is CCNCc1ccc(OCC(CC)CC)cc1. The Morgan fingerprint density at radius 1 is 1.06 bits per heavy atom. The largest absolute Gasteiger partial charge is 0.493 e. The Morgan fingerprint density at radius 3 is 2.24 bits per heavy atom. The quantitative estimate of drug-likeness (QED) is 0.743. The third kappa shape index (κ3) is 5.22. The summed E-state index contributed by atoms with van der Waals surface area (Å²) in [6.07, 6.45) is 2.38. The van der Waals surface area contributed by atoms with E-state index < -0.39 is 0 Å². The van der Waals surface area contributed by atoms with Crippen molar-refractivity contribution in [3.8, 4) is 5.75 Å². The standard InChI is InChI=1S/C15H25NO/c1-4-13(5-2)12-17-15-9-7-14(8-10-15)11-16-6-3/h7-10,13,16H,4-6,11-12H2,1-3H3. The van der Waals surface area contributed by atoms with Gasteiger partial charge in [0, 0.05) is 6.54 Å². The molecule has 0 amide bonds. The van der Waals surface area contributed by atoms with Gasteiger partial charge in [-0.1, -0.05) is 45.7 Å². The maximum absolute atomic E-state index is 5.79. The van der Waals surface area contributed by atoms with Crippen LogP contribution < -0.4 is 10.1 Å². The molecule has 0 bridgehead atoms. The van der Waals surface area contributed by atoms with Gasteiger partial charge in [-0.25, -0.2) is 0 Å². The van der Waals surface area contributed by atoms with Gasteiger partial charge >= 0.3 is 0 Å². The lowest BCUT2D eigenvalue weighted by Crippen LogP contribution is -2.12. The highest BCUT2D eigenvalue weighted by molar-refractivity contribution is 5.27. The normalized spacial score (nSPS) is 10.8. The summed E-state index contributed by atoms with van der Waals surface area (Å²) in [4.78, 5) is 0. The van der Waals surface area contributed by atoms with Gasteiger partial charge in [0.1, 0.15) is 5.75 Å². The molecule has 2 nitrogen and oxygen atoms in total. The number of nitrogens with one attached hydrogen (secondary N) is 1. The van der Waals surface area contributed by atoms with Crippen molar-refractivity contribution in [1.29, 1.82) is 0 Å². The van der Waals surface area contributed by atoms with Crippen LogP contribution in [-0.2, 0) is 6.54 Å². The van der Waals surface area contributed by atoms with E-state index in [2.05, 4.69) is 50.4 Å². The fourth-order valence-corrected chi connectivity index (χ4v) is 1.71. The molecule has 0 saturated carbocycles. The van der Waals surface area contributed by atoms with Crippen molar-refractivity contribution < 1.29 is 4.74 Å². The van der Waals surface area contributed by atoms with Crippen molar-refractivity contribution in [2.75, 3.05) is 13.2 Å². The van der Waals surface area contributed by atoms with Crippen LogP contribution in [-0.4, -0.2) is 13.2 Å². The maximum atomic E-state index is 5.79. The van der Waals surface area contributed by atoms with Crippen molar-refractivity contribution in [2.24, 2.45) is 5.92 Å². The van der Waals surface area contributed by atoms with Gasteiger partial charge in [0.25, 0.3) is 0 Å². The Hall–Kier alpha value is -1.02. The summed E-state index contributed by atoms with van der Waals surface area (Å²) in [5.74, 6) is 1.66. The average Bonchev–Trinajstić information content (AvgIpc) is 2.39. The van der Waals surface area contributed by atoms with Gasteiger partial charge in [0.15, 0.2) is 0 Å². The van der Waals surface area contributed by atoms with E-state index in [1.165, 1.54) is 18.4 Å². The first-order valence-electron chi connectivity index (χ1n) is 6.72. The minimum absolute atomic E-state index is 0.677. The highest BCUT2D eigenvalue weighted by Crippen LogP contribution is 2.15. The Kier molecular flexibility index (Phi) is 6.71. The Bertz CT molecular complexity index is 290. The van der Waals surface area contributed by atoms with Crippen LogP contribution in [0.1, 0.15) is 39.2 Å². The number of rotatable bonds is 8. The number of hydrogen-bond acceptors (Lipinski definition) is 2. The first-order valence-corrected chi connectivity index (χ1v) is 6.72. The van der Waals surface area contributed by atoms with E-state index in [-0.39, 0.29) is 0 Å². The fraction of sp³-hybridized carbons (Fsp3) is 0.600. The second-order valence-corrected chi connectivity index (χ2v) is 4.42. The zero-order valence-electron chi connectivity index (χ0n) is 11.3. The molecule has 0 atom stereocenters. The molecule has 0 fully saturated rings. The predicted molar refractivity (Wildman–Crippen MR) is 73.4 cm³/mol. The van der Waals surface area contributed by atoms with Gasteiger partial charge in [0.2, 0.25) is 0 Å². The third-order valence-electron chi connectivity index (χ3n) is 3.14. The summed E-state index contributed by atoms with van der Waals surface area (Å²) in [7, 11) is 0. The summed E-state index contributed by atoms with van der Waals surface area (Å²) in [5.41, 5.74) is 1.31. The summed E-state index contributed by atoms with van der Waals surface area (Å²) < 4.78 is 5.79. The zero-order valence-corrected chi connectivity index (χ0v) is 11.3. The molecule has 0 aromatic heterocycles. The first-order chi connectivity index (χ1) is 8.30. The van der Waals surface area contributed by atoms with Crippen LogP contribution in [0.3, 0.4) is 0 Å². The Morgan fingerprint density at radius 2 is 1.71 bits per heavy atom. The van der Waals surface area contributed by atoms with Crippen LogP contribution in [0, 0.1) is 5.92 Å².